The maximum Gasteiger partial charge on any atom is 0.330 e. The number of carbonyl (C=O) groups excluding carboxylic acids is 2. The fourth-order valence-electron chi connectivity index (χ4n) is 8.04. The zero-order chi connectivity index (χ0) is 37.9. The van der Waals surface area contributed by atoms with E-state index in [9.17, 15) is 30.0 Å². The van der Waals surface area contributed by atoms with Gasteiger partial charge in [-0.1, -0.05) is 86.5 Å². The van der Waals surface area contributed by atoms with Crippen LogP contribution in [-0.4, -0.2) is 80.7 Å². The summed E-state index contributed by atoms with van der Waals surface area (Å²) in [5, 5.41) is 43.3. The first-order valence-corrected chi connectivity index (χ1v) is 20.2. The number of rotatable bonds is 5. The van der Waals surface area contributed by atoms with Gasteiger partial charge >= 0.3 is 5.97 Å². The number of aliphatic hydroxyl groups excluding tert-OH is 4. The predicted molar refractivity (Wildman–Crippen MR) is 200 cm³/mol. The van der Waals surface area contributed by atoms with E-state index in [1.165, 1.54) is 6.08 Å². The first-order valence-electron chi connectivity index (χ1n) is 20.2. The molecular formula is C42H72O9. The first-order chi connectivity index (χ1) is 24.1. The second kappa shape index (κ2) is 20.7. The van der Waals surface area contributed by atoms with Gasteiger partial charge in [0, 0.05) is 49.0 Å². The second-order valence-electron chi connectivity index (χ2n) is 17.0. The lowest BCUT2D eigenvalue weighted by molar-refractivity contribution is -0.346. The Morgan fingerprint density at radius 1 is 0.863 bits per heavy atom. The Kier molecular flexibility index (Phi) is 17.8. The van der Waals surface area contributed by atoms with Crippen LogP contribution in [0.5, 0.6) is 0 Å². The number of hydrogen-bond donors (Lipinski definition) is 4. The summed E-state index contributed by atoms with van der Waals surface area (Å²) in [5.41, 5.74) is 0. The maximum absolute atomic E-state index is 14.0. The predicted octanol–water partition coefficient (Wildman–Crippen LogP) is 7.07. The van der Waals surface area contributed by atoms with E-state index in [0.29, 0.717) is 31.6 Å². The van der Waals surface area contributed by atoms with E-state index in [2.05, 4.69) is 32.9 Å². The highest BCUT2D eigenvalue weighted by Crippen LogP contribution is 2.45. The SMILES string of the molecule is CCC(O)CC1OC2(CCC1C)CC1OC(=O)C=CC(C)C(O)C(C)C(O)CC(O)C(C)CCCCCC=CC(CC(C)C)C(=O)CC(O2)C1C. The Bertz CT molecular complexity index is 1120. The summed E-state index contributed by atoms with van der Waals surface area (Å²) in [4.78, 5) is 27.4. The zero-order valence-corrected chi connectivity index (χ0v) is 32.9. The molecule has 9 heteroatoms. The van der Waals surface area contributed by atoms with Crippen LogP contribution in [0.25, 0.3) is 0 Å². The summed E-state index contributed by atoms with van der Waals surface area (Å²) in [6.45, 7) is 15.9. The summed E-state index contributed by atoms with van der Waals surface area (Å²) >= 11 is 0. The van der Waals surface area contributed by atoms with Gasteiger partial charge in [0.05, 0.1) is 36.6 Å². The third-order valence-corrected chi connectivity index (χ3v) is 12.1. The average molecular weight is 721 g/mol. The van der Waals surface area contributed by atoms with E-state index in [4.69, 9.17) is 14.2 Å². The van der Waals surface area contributed by atoms with E-state index in [-0.39, 0.29) is 48.4 Å². The van der Waals surface area contributed by atoms with E-state index < -0.39 is 60.2 Å². The number of allylic oxidation sites excluding steroid dienone is 2. The van der Waals surface area contributed by atoms with Crippen LogP contribution in [0.2, 0.25) is 0 Å². The molecule has 0 radical (unpaired) electrons. The van der Waals surface area contributed by atoms with Crippen molar-refractivity contribution in [2.45, 2.75) is 187 Å². The molecule has 0 saturated carbocycles. The molecule has 4 N–H and O–H groups in total. The van der Waals surface area contributed by atoms with Gasteiger partial charge in [0.2, 0.25) is 0 Å². The zero-order valence-electron chi connectivity index (χ0n) is 32.9. The van der Waals surface area contributed by atoms with Gasteiger partial charge in [-0.05, 0) is 69.1 Å². The summed E-state index contributed by atoms with van der Waals surface area (Å²) in [6.07, 6.45) is 11.4. The van der Waals surface area contributed by atoms with Crippen molar-refractivity contribution in [3.63, 3.8) is 0 Å². The minimum atomic E-state index is -1.04. The van der Waals surface area contributed by atoms with Crippen LogP contribution >= 0.6 is 0 Å². The van der Waals surface area contributed by atoms with Crippen molar-refractivity contribution in [1.82, 2.24) is 0 Å². The highest BCUT2D eigenvalue weighted by Gasteiger charge is 2.52. The maximum atomic E-state index is 14.0. The number of hydrogen-bond acceptors (Lipinski definition) is 9. The van der Waals surface area contributed by atoms with Crippen LogP contribution in [0.15, 0.2) is 24.3 Å². The van der Waals surface area contributed by atoms with Crippen LogP contribution in [-0.2, 0) is 23.8 Å². The third-order valence-electron chi connectivity index (χ3n) is 12.1. The molecule has 2 bridgehead atoms. The Balaban J connectivity index is 1.91. The molecule has 3 heterocycles. The van der Waals surface area contributed by atoms with Crippen molar-refractivity contribution in [2.75, 3.05) is 0 Å². The van der Waals surface area contributed by atoms with Crippen molar-refractivity contribution >= 4 is 11.8 Å². The molecule has 3 aliphatic rings. The molecule has 2 fully saturated rings. The Morgan fingerprint density at radius 2 is 1.59 bits per heavy atom. The normalized spacial score (nSPS) is 40.9. The largest absolute Gasteiger partial charge is 0.459 e. The summed E-state index contributed by atoms with van der Waals surface area (Å²) in [5.74, 6) is -2.41. The van der Waals surface area contributed by atoms with Gasteiger partial charge in [-0.2, -0.15) is 0 Å². The molecule has 14 unspecified atom stereocenters. The molecule has 2 saturated heterocycles. The van der Waals surface area contributed by atoms with Crippen molar-refractivity contribution in [3.8, 4) is 0 Å². The summed E-state index contributed by atoms with van der Waals surface area (Å²) < 4.78 is 19.7. The summed E-state index contributed by atoms with van der Waals surface area (Å²) in [7, 11) is 0. The molecule has 294 valence electrons. The third kappa shape index (κ3) is 13.3. The van der Waals surface area contributed by atoms with Crippen LogP contribution in [0.3, 0.4) is 0 Å². The van der Waals surface area contributed by atoms with Gasteiger partial charge in [-0.15, -0.1) is 0 Å². The Hall–Kier alpha value is -1.62. The average Bonchev–Trinajstić information content (AvgIpc) is 3.08. The monoisotopic (exact) mass is 721 g/mol. The number of carbonyl (C=O) groups is 2. The van der Waals surface area contributed by atoms with Gasteiger partial charge in [0.25, 0.3) is 0 Å². The highest BCUT2D eigenvalue weighted by molar-refractivity contribution is 5.83. The quantitative estimate of drug-likeness (QED) is 0.173. The number of ketones is 1. The molecule has 0 aromatic heterocycles. The number of Topliss-reactive ketones (excluding diaryl/α,β-unsaturated/α-hetero) is 1. The fourth-order valence-corrected chi connectivity index (χ4v) is 8.04. The van der Waals surface area contributed by atoms with Crippen molar-refractivity contribution in [2.24, 2.45) is 41.4 Å². The van der Waals surface area contributed by atoms with Crippen LogP contribution in [0.1, 0.15) is 139 Å². The molecule has 0 aromatic rings. The van der Waals surface area contributed by atoms with E-state index >= 15 is 0 Å². The Morgan fingerprint density at radius 3 is 2.27 bits per heavy atom. The molecule has 0 aromatic carbocycles. The first kappa shape index (κ1) is 43.8. The number of esters is 1. The van der Waals surface area contributed by atoms with Crippen LogP contribution in [0.4, 0.5) is 0 Å². The molecule has 51 heavy (non-hydrogen) atoms. The van der Waals surface area contributed by atoms with E-state index in [0.717, 1.165) is 44.9 Å². The second-order valence-corrected chi connectivity index (χ2v) is 17.0. The lowest BCUT2D eigenvalue weighted by Gasteiger charge is -2.51. The Labute approximate surface area is 308 Å². The van der Waals surface area contributed by atoms with E-state index in [1.807, 2.05) is 20.8 Å². The molecule has 0 amide bonds. The highest BCUT2D eigenvalue weighted by atomic mass is 16.7. The minimum absolute atomic E-state index is 0.0182. The topological polar surface area (TPSA) is 143 Å². The molecule has 1 spiro atoms. The number of ether oxygens (including phenoxy) is 3. The number of aliphatic hydroxyl groups is 4. The smallest absolute Gasteiger partial charge is 0.330 e. The van der Waals surface area contributed by atoms with E-state index in [1.54, 1.807) is 19.9 Å². The molecule has 3 rings (SSSR count). The van der Waals surface area contributed by atoms with Crippen molar-refractivity contribution in [3.05, 3.63) is 24.3 Å². The van der Waals surface area contributed by atoms with Crippen LogP contribution in [0, 0.1) is 41.4 Å². The molecular weight excluding hydrogens is 648 g/mol. The summed E-state index contributed by atoms with van der Waals surface area (Å²) in [6, 6.07) is 0. The van der Waals surface area contributed by atoms with Crippen molar-refractivity contribution in [1.29, 1.82) is 0 Å². The molecule has 3 aliphatic heterocycles. The van der Waals surface area contributed by atoms with Gasteiger partial charge in [-0.3, -0.25) is 4.79 Å². The standard InChI is InChI=1S/C42H72O9/c1-9-33(43)22-37-28(5)19-20-42(50-37)25-39-31(8)38(51-42)24-36(46)32(21-26(2)3)16-14-12-10-11-13-15-27(4)34(44)23-35(45)30(7)41(48)29(6)17-18-40(47)49-39/h14,16-18,26-35,37-39,41,43-45,48H,9-13,15,19-25H2,1-8H3. The number of fused-ring (bicyclic) bond motifs is 2. The van der Waals surface area contributed by atoms with Crippen molar-refractivity contribution < 1.29 is 44.2 Å². The van der Waals surface area contributed by atoms with Crippen LogP contribution < -0.4 is 0 Å². The van der Waals surface area contributed by atoms with Gasteiger partial charge in [0.1, 0.15) is 11.9 Å². The molecule has 14 atom stereocenters. The fraction of sp³-hybridized carbons (Fsp3) is 0.857. The minimum Gasteiger partial charge on any atom is -0.459 e. The lowest BCUT2D eigenvalue weighted by atomic mass is 9.79. The van der Waals surface area contributed by atoms with Gasteiger partial charge in [0.15, 0.2) is 5.79 Å². The lowest BCUT2D eigenvalue weighted by Crippen LogP contribution is -2.57. The van der Waals surface area contributed by atoms with Gasteiger partial charge < -0.3 is 34.6 Å². The van der Waals surface area contributed by atoms with Gasteiger partial charge in [-0.25, -0.2) is 4.79 Å². The molecule has 9 nitrogen and oxygen atoms in total. The molecule has 0 aliphatic carbocycles.